The zero-order valence-corrected chi connectivity index (χ0v) is 18.0. The molecular weight excluding hydrogens is 462 g/mol. The summed E-state index contributed by atoms with van der Waals surface area (Å²) in [4.78, 5) is 27.9. The number of hydrogen-bond acceptors (Lipinski definition) is 5. The van der Waals surface area contributed by atoms with E-state index in [4.69, 9.17) is 9.47 Å². The molecular formula is C24H18BrNO5. The van der Waals surface area contributed by atoms with Crippen molar-refractivity contribution < 1.29 is 24.2 Å². The van der Waals surface area contributed by atoms with E-state index in [-0.39, 0.29) is 25.5 Å². The van der Waals surface area contributed by atoms with Crippen LogP contribution in [0.1, 0.15) is 27.9 Å². The molecule has 2 heterocycles. The average Bonchev–Trinajstić information content (AvgIpc) is 3.31. The molecule has 0 saturated carbocycles. The van der Waals surface area contributed by atoms with Gasteiger partial charge in [0.15, 0.2) is 22.9 Å². The van der Waals surface area contributed by atoms with Crippen molar-refractivity contribution in [3.05, 3.63) is 87.9 Å². The Hall–Kier alpha value is -3.16. The van der Waals surface area contributed by atoms with Gasteiger partial charge in [0.2, 0.25) is 6.79 Å². The molecule has 0 spiro atoms. The second-order valence-corrected chi connectivity index (χ2v) is 8.48. The van der Waals surface area contributed by atoms with Crippen LogP contribution in [-0.2, 0) is 16.9 Å². The maximum absolute atomic E-state index is 13.4. The van der Waals surface area contributed by atoms with E-state index in [9.17, 15) is 14.7 Å². The number of benzene rings is 3. The van der Waals surface area contributed by atoms with Crippen LogP contribution in [0.5, 0.6) is 11.5 Å². The van der Waals surface area contributed by atoms with E-state index in [1.54, 1.807) is 48.5 Å². The Morgan fingerprint density at radius 1 is 1.03 bits per heavy atom. The van der Waals surface area contributed by atoms with Crippen LogP contribution in [0.25, 0.3) is 0 Å². The van der Waals surface area contributed by atoms with Gasteiger partial charge in [-0.2, -0.15) is 0 Å². The lowest BCUT2D eigenvalue weighted by Gasteiger charge is -2.23. The van der Waals surface area contributed by atoms with E-state index >= 15 is 0 Å². The van der Waals surface area contributed by atoms with Crippen molar-refractivity contribution in [2.45, 2.75) is 18.6 Å². The van der Waals surface area contributed by atoms with E-state index in [0.717, 1.165) is 10.0 Å². The molecule has 0 bridgehead atoms. The van der Waals surface area contributed by atoms with Crippen LogP contribution in [0.2, 0.25) is 0 Å². The van der Waals surface area contributed by atoms with Crippen LogP contribution in [0.3, 0.4) is 0 Å². The number of ether oxygens (including phenoxy) is 2. The molecule has 1 N–H and O–H groups in total. The highest BCUT2D eigenvalue weighted by molar-refractivity contribution is 9.10. The quantitative estimate of drug-likeness (QED) is 0.555. The van der Waals surface area contributed by atoms with Crippen molar-refractivity contribution >= 4 is 33.3 Å². The van der Waals surface area contributed by atoms with Gasteiger partial charge in [0.1, 0.15) is 0 Å². The third-order valence-electron chi connectivity index (χ3n) is 5.58. The van der Waals surface area contributed by atoms with Crippen molar-refractivity contribution in [2.24, 2.45) is 0 Å². The van der Waals surface area contributed by atoms with Crippen LogP contribution >= 0.6 is 15.9 Å². The predicted molar refractivity (Wildman–Crippen MR) is 117 cm³/mol. The Kier molecular flexibility index (Phi) is 4.79. The fraction of sp³-hybridized carbons (Fsp3) is 0.167. The van der Waals surface area contributed by atoms with Crippen LogP contribution in [-0.4, -0.2) is 23.6 Å². The third-order valence-corrected chi connectivity index (χ3v) is 6.07. The van der Waals surface area contributed by atoms with Gasteiger partial charge in [-0.25, -0.2) is 0 Å². The van der Waals surface area contributed by atoms with Crippen molar-refractivity contribution in [3.8, 4) is 11.5 Å². The summed E-state index contributed by atoms with van der Waals surface area (Å²) in [5.74, 6) is 0.456. The molecule has 1 amide bonds. The molecule has 0 saturated heterocycles. The topological polar surface area (TPSA) is 76.1 Å². The van der Waals surface area contributed by atoms with Crippen molar-refractivity contribution in [2.75, 3.05) is 11.7 Å². The summed E-state index contributed by atoms with van der Waals surface area (Å²) in [6.07, 6.45) is -0.336. The Balaban J connectivity index is 1.47. The number of rotatable bonds is 5. The molecule has 7 heteroatoms. The number of amides is 1. The summed E-state index contributed by atoms with van der Waals surface area (Å²) < 4.78 is 11.5. The summed E-state index contributed by atoms with van der Waals surface area (Å²) in [6, 6.07) is 19.4. The fourth-order valence-electron chi connectivity index (χ4n) is 4.05. The zero-order chi connectivity index (χ0) is 21.6. The maximum atomic E-state index is 13.4. The minimum absolute atomic E-state index is 0.168. The lowest BCUT2D eigenvalue weighted by atomic mass is 9.88. The lowest BCUT2D eigenvalue weighted by Crippen LogP contribution is -2.41. The molecule has 0 aliphatic carbocycles. The second-order valence-electron chi connectivity index (χ2n) is 7.57. The van der Waals surface area contributed by atoms with Gasteiger partial charge in [-0.3, -0.25) is 9.59 Å². The fourth-order valence-corrected chi connectivity index (χ4v) is 4.45. The molecule has 0 radical (unpaired) electrons. The normalized spacial score (nSPS) is 18.9. The van der Waals surface area contributed by atoms with Gasteiger partial charge in [-0.15, -0.1) is 0 Å². The molecule has 3 aromatic carbocycles. The van der Waals surface area contributed by atoms with E-state index in [1.165, 1.54) is 4.90 Å². The first kappa shape index (κ1) is 19.8. The maximum Gasteiger partial charge on any atom is 0.264 e. The van der Waals surface area contributed by atoms with Gasteiger partial charge in [0.25, 0.3) is 5.91 Å². The number of aliphatic hydroxyl groups is 1. The number of carbonyl (C=O) groups is 2. The summed E-state index contributed by atoms with van der Waals surface area (Å²) in [7, 11) is 0. The van der Waals surface area contributed by atoms with Gasteiger partial charge in [-0.05, 0) is 35.9 Å². The highest BCUT2D eigenvalue weighted by Crippen LogP contribution is 2.44. The summed E-state index contributed by atoms with van der Waals surface area (Å²) in [6.45, 7) is 0.404. The van der Waals surface area contributed by atoms with E-state index in [2.05, 4.69) is 15.9 Å². The molecule has 156 valence electrons. The monoisotopic (exact) mass is 479 g/mol. The molecule has 31 heavy (non-hydrogen) atoms. The molecule has 3 aromatic rings. The molecule has 5 rings (SSSR count). The summed E-state index contributed by atoms with van der Waals surface area (Å²) in [5, 5.41) is 11.4. The number of fused-ring (bicyclic) bond motifs is 2. The van der Waals surface area contributed by atoms with Crippen molar-refractivity contribution in [1.82, 2.24) is 0 Å². The first-order valence-corrected chi connectivity index (χ1v) is 10.6. The number of hydrogen-bond donors (Lipinski definition) is 1. The number of anilines is 1. The number of halogens is 1. The lowest BCUT2D eigenvalue weighted by molar-refractivity contribution is -0.136. The minimum Gasteiger partial charge on any atom is -0.454 e. The standard InChI is InChI=1S/C24H18BrNO5/c25-17-5-3-4-16(11-17)20(27)12-24(29)18-6-1-2-7-19(18)26(23(24)28)13-15-8-9-21-22(10-15)31-14-30-21/h1-11,29H,12-14H2. The van der Waals surface area contributed by atoms with E-state index in [0.29, 0.717) is 28.3 Å². The van der Waals surface area contributed by atoms with Gasteiger partial charge in [0, 0.05) is 15.6 Å². The molecule has 1 unspecified atom stereocenters. The number of nitrogens with zero attached hydrogens (tertiary/aromatic N) is 1. The van der Waals surface area contributed by atoms with E-state index < -0.39 is 11.5 Å². The molecule has 6 nitrogen and oxygen atoms in total. The molecule has 1 atom stereocenters. The highest BCUT2D eigenvalue weighted by atomic mass is 79.9. The Morgan fingerprint density at radius 3 is 2.68 bits per heavy atom. The summed E-state index contributed by atoms with van der Waals surface area (Å²) in [5.41, 5.74) is 0.364. The smallest absolute Gasteiger partial charge is 0.264 e. The van der Waals surface area contributed by atoms with Gasteiger partial charge in [0.05, 0.1) is 18.7 Å². The average molecular weight is 480 g/mol. The molecule has 0 aromatic heterocycles. The van der Waals surface area contributed by atoms with Crippen LogP contribution in [0, 0.1) is 0 Å². The largest absolute Gasteiger partial charge is 0.454 e. The Labute approximate surface area is 187 Å². The first-order chi connectivity index (χ1) is 15.0. The van der Waals surface area contributed by atoms with Gasteiger partial charge in [-0.1, -0.05) is 52.3 Å². The third kappa shape index (κ3) is 3.40. The van der Waals surface area contributed by atoms with Gasteiger partial charge < -0.3 is 19.5 Å². The number of carbonyl (C=O) groups excluding carboxylic acids is 2. The van der Waals surface area contributed by atoms with Crippen LogP contribution in [0.15, 0.2) is 71.2 Å². The van der Waals surface area contributed by atoms with Gasteiger partial charge >= 0.3 is 0 Å². The number of Topliss-reactive ketones (excluding diaryl/α,β-unsaturated/α-hetero) is 1. The minimum atomic E-state index is -1.92. The first-order valence-electron chi connectivity index (χ1n) is 9.77. The zero-order valence-electron chi connectivity index (χ0n) is 16.4. The number of para-hydroxylation sites is 1. The van der Waals surface area contributed by atoms with Crippen LogP contribution < -0.4 is 14.4 Å². The number of ketones is 1. The predicted octanol–water partition coefficient (Wildman–Crippen LogP) is 4.19. The van der Waals surface area contributed by atoms with Crippen molar-refractivity contribution in [1.29, 1.82) is 0 Å². The second kappa shape index (κ2) is 7.51. The molecule has 2 aliphatic heterocycles. The molecule has 2 aliphatic rings. The van der Waals surface area contributed by atoms with Crippen LogP contribution in [0.4, 0.5) is 5.69 Å². The van der Waals surface area contributed by atoms with E-state index in [1.807, 2.05) is 18.2 Å². The highest BCUT2D eigenvalue weighted by Gasteiger charge is 2.50. The Bertz CT molecular complexity index is 1210. The molecule has 0 fully saturated rings. The Morgan fingerprint density at radius 2 is 1.84 bits per heavy atom. The summed E-state index contributed by atoms with van der Waals surface area (Å²) >= 11 is 3.35. The SMILES string of the molecule is O=C(CC1(O)C(=O)N(Cc2ccc3c(c2)OCO3)c2ccccc21)c1cccc(Br)c1. The van der Waals surface area contributed by atoms with Crippen molar-refractivity contribution in [3.63, 3.8) is 0 Å².